The Bertz CT molecular complexity index is 3230. The van der Waals surface area contributed by atoms with Gasteiger partial charge in [0.1, 0.15) is 46.0 Å². The van der Waals surface area contributed by atoms with E-state index < -0.39 is 0 Å². The van der Waals surface area contributed by atoms with Gasteiger partial charge in [0.15, 0.2) is 0 Å². The van der Waals surface area contributed by atoms with Crippen molar-refractivity contribution in [2.45, 2.75) is 26.2 Å². The van der Waals surface area contributed by atoms with Crippen LogP contribution in [0.4, 0.5) is 0 Å². The van der Waals surface area contributed by atoms with Gasteiger partial charge in [-0.2, -0.15) is 0 Å². The first-order chi connectivity index (χ1) is 37.5. The molecule has 7 aliphatic rings. The summed E-state index contributed by atoms with van der Waals surface area (Å²) in [6.45, 7) is 1.91. The molecule has 0 saturated carbocycles. The fourth-order valence-corrected chi connectivity index (χ4v) is 7.86. The highest BCUT2D eigenvalue weighted by molar-refractivity contribution is 5.82. The van der Waals surface area contributed by atoms with Crippen LogP contribution in [0.25, 0.3) is 22.8 Å². The molecule has 0 atom stereocenters. The van der Waals surface area contributed by atoms with E-state index >= 15 is 0 Å². The molecule has 0 saturated heterocycles. The van der Waals surface area contributed by atoms with E-state index in [0.717, 1.165) is 45.0 Å². The zero-order valence-corrected chi connectivity index (χ0v) is 40.9. The molecule has 0 N–H and O–H groups in total. The van der Waals surface area contributed by atoms with Crippen LogP contribution in [0.15, 0.2) is 227 Å². The lowest BCUT2D eigenvalue weighted by atomic mass is 10.2. The van der Waals surface area contributed by atoms with Crippen LogP contribution < -0.4 is 18.9 Å². The van der Waals surface area contributed by atoms with E-state index in [4.69, 9.17) is 28.9 Å². The molecule has 0 unspecified atom stereocenters. The van der Waals surface area contributed by atoms with E-state index in [1.165, 1.54) is 0 Å². The number of hydrogen-bond donors (Lipinski definition) is 0. The molecule has 0 amide bonds. The van der Waals surface area contributed by atoms with Gasteiger partial charge in [-0.05, 0) is 119 Å². The molecule has 0 aliphatic carbocycles. The van der Waals surface area contributed by atoms with Crippen LogP contribution >= 0.6 is 0 Å². The summed E-state index contributed by atoms with van der Waals surface area (Å²) in [5, 5.41) is 0. The van der Waals surface area contributed by atoms with Crippen LogP contribution in [-0.2, 0) is 26.2 Å². The maximum atomic E-state index is 6.22. The molecule has 13 heterocycles. The second kappa shape index (κ2) is 23.5. The van der Waals surface area contributed by atoms with E-state index in [-0.39, 0.29) is 0 Å². The van der Waals surface area contributed by atoms with Crippen molar-refractivity contribution < 1.29 is 18.9 Å². The SMILES string of the molecule is C1=NCc2ccc(cc2)Oc2ccnc(c2)-c2cc(ccn2)Oc2ccc(cc2)CN=Cc2cccc(n2)C=NCc2ccc(cc2)Oc2ccnc(c2)-c2cc(ccn2)Oc2ccc(cc2)CN=Cc2cccc1n2. The Balaban J connectivity index is 0.788. The number of hydrogen-bond acceptors (Lipinski definition) is 14. The van der Waals surface area contributed by atoms with Gasteiger partial charge in [-0.25, -0.2) is 9.97 Å². The van der Waals surface area contributed by atoms with Gasteiger partial charge in [0.2, 0.25) is 0 Å². The normalized spacial score (nSPS) is 12.7. The lowest BCUT2D eigenvalue weighted by molar-refractivity contribution is 0.480. The van der Waals surface area contributed by atoms with Gasteiger partial charge < -0.3 is 18.9 Å². The third kappa shape index (κ3) is 13.2. The average Bonchev–Trinajstić information content (AvgIpc) is 3.46. The molecule has 76 heavy (non-hydrogen) atoms. The van der Waals surface area contributed by atoms with Gasteiger partial charge in [-0.1, -0.05) is 60.7 Å². The van der Waals surface area contributed by atoms with Gasteiger partial charge >= 0.3 is 0 Å². The summed E-state index contributed by atoms with van der Waals surface area (Å²) in [5.74, 6) is 5.23. The smallest absolute Gasteiger partial charge is 0.131 e. The molecule has 6 aromatic heterocycles. The zero-order chi connectivity index (χ0) is 51.1. The first kappa shape index (κ1) is 48.0. The molecule has 10 aromatic rings. The number of nitrogens with zero attached hydrogens (tertiary/aromatic N) is 10. The Morgan fingerprint density at radius 2 is 0.487 bits per heavy atom. The number of rotatable bonds is 0. The molecule has 4 aromatic carbocycles. The molecule has 368 valence electrons. The molecule has 7 aliphatic heterocycles. The number of benzene rings is 4. The van der Waals surface area contributed by atoms with E-state index in [1.807, 2.05) is 182 Å². The van der Waals surface area contributed by atoms with Crippen molar-refractivity contribution >= 4 is 24.9 Å². The third-order valence-electron chi connectivity index (χ3n) is 11.7. The van der Waals surface area contributed by atoms with Crippen molar-refractivity contribution in [3.8, 4) is 68.8 Å². The standard InChI is InChI=1S/C62H46N10O4/c1-3-47-39-63-35-43-7-15-51(16-8-43)73-55-23-27-67-59(31-55)61-33-57(25-29-69-61)75-53-19-11-45(12-20-53)37-65-41-49-5-2-6-50(72-49)42-66-38-46-13-21-54(22-14-46)76-58-26-30-70-62(34-58)60-32-56(24-28-68-60)74-52-17-9-44(10-18-52)36-64-40-48(4-1)71-47/h1-34,39-42H,35-38H2. The van der Waals surface area contributed by atoms with Crippen molar-refractivity contribution in [3.05, 3.63) is 252 Å². The van der Waals surface area contributed by atoms with Crippen LogP contribution in [0.1, 0.15) is 45.0 Å². The van der Waals surface area contributed by atoms with Gasteiger partial charge in [-0.3, -0.25) is 39.9 Å². The highest BCUT2D eigenvalue weighted by Crippen LogP contribution is 2.31. The average molecular weight is 995 g/mol. The molecule has 20 bridgehead atoms. The number of aliphatic imine (C=N–C) groups is 4. The van der Waals surface area contributed by atoms with E-state index in [0.29, 0.717) is 95.0 Å². The lowest BCUT2D eigenvalue weighted by Gasteiger charge is -2.09. The Morgan fingerprint density at radius 1 is 0.250 bits per heavy atom. The van der Waals surface area contributed by atoms with Crippen LogP contribution in [0, 0.1) is 0 Å². The van der Waals surface area contributed by atoms with Gasteiger partial charge in [0.25, 0.3) is 0 Å². The van der Waals surface area contributed by atoms with Crippen molar-refractivity contribution in [1.82, 2.24) is 29.9 Å². The molecule has 0 radical (unpaired) electrons. The minimum absolute atomic E-state index is 0.477. The Labute approximate surface area is 438 Å². The van der Waals surface area contributed by atoms with Crippen LogP contribution in [0.2, 0.25) is 0 Å². The van der Waals surface area contributed by atoms with Crippen LogP contribution in [0.3, 0.4) is 0 Å². The summed E-state index contributed by atoms with van der Waals surface area (Å²) in [4.78, 5) is 46.3. The summed E-state index contributed by atoms with van der Waals surface area (Å²) in [6.07, 6.45) is 13.9. The fourth-order valence-electron chi connectivity index (χ4n) is 7.86. The van der Waals surface area contributed by atoms with Gasteiger partial charge in [0.05, 0.1) is 71.7 Å². The van der Waals surface area contributed by atoms with Crippen molar-refractivity contribution in [2.24, 2.45) is 20.0 Å². The predicted molar refractivity (Wildman–Crippen MR) is 295 cm³/mol. The summed E-state index contributed by atoms with van der Waals surface area (Å²) in [6, 6.07) is 57.5. The van der Waals surface area contributed by atoms with Crippen molar-refractivity contribution in [1.29, 1.82) is 0 Å². The molecule has 17 rings (SSSR count). The fraction of sp³-hybridized carbons (Fsp3) is 0.0645. The topological polar surface area (TPSA) is 164 Å². The van der Waals surface area contributed by atoms with Gasteiger partial charge in [0, 0.05) is 73.9 Å². The first-order valence-electron chi connectivity index (χ1n) is 24.4. The quantitative estimate of drug-likeness (QED) is 0.143. The van der Waals surface area contributed by atoms with E-state index in [2.05, 4.69) is 39.9 Å². The minimum atomic E-state index is 0.477. The van der Waals surface area contributed by atoms with E-state index in [1.54, 1.807) is 49.6 Å². The van der Waals surface area contributed by atoms with E-state index in [9.17, 15) is 0 Å². The molecular weight excluding hydrogens is 949 g/mol. The highest BCUT2D eigenvalue weighted by Gasteiger charge is 2.10. The summed E-state index contributed by atoms with van der Waals surface area (Å²) >= 11 is 0. The third-order valence-corrected chi connectivity index (χ3v) is 11.7. The van der Waals surface area contributed by atoms with Crippen molar-refractivity contribution in [3.63, 3.8) is 0 Å². The number of ether oxygens (including phenoxy) is 4. The largest absolute Gasteiger partial charge is 0.457 e. The van der Waals surface area contributed by atoms with Crippen molar-refractivity contribution in [2.75, 3.05) is 0 Å². The maximum Gasteiger partial charge on any atom is 0.131 e. The molecule has 14 heteroatoms. The summed E-state index contributed by atoms with van der Waals surface area (Å²) < 4.78 is 24.9. The monoisotopic (exact) mass is 994 g/mol. The molecular formula is C62H46N10O4. The second-order valence-corrected chi connectivity index (χ2v) is 17.3. The predicted octanol–water partition coefficient (Wildman–Crippen LogP) is 13.3. The molecule has 0 spiro atoms. The van der Waals surface area contributed by atoms with Crippen LogP contribution in [0.5, 0.6) is 46.0 Å². The lowest BCUT2D eigenvalue weighted by Crippen LogP contribution is -1.95. The van der Waals surface area contributed by atoms with Crippen LogP contribution in [-0.4, -0.2) is 54.8 Å². The van der Waals surface area contributed by atoms with Gasteiger partial charge in [-0.15, -0.1) is 0 Å². The Morgan fingerprint density at radius 3 is 0.724 bits per heavy atom. The molecule has 14 nitrogen and oxygen atoms in total. The minimum Gasteiger partial charge on any atom is -0.457 e. The second-order valence-electron chi connectivity index (χ2n) is 17.3. The Hall–Kier alpha value is -10.3. The highest BCUT2D eigenvalue weighted by atomic mass is 16.5. The zero-order valence-electron chi connectivity index (χ0n) is 40.9. The first-order valence-corrected chi connectivity index (χ1v) is 24.4. The number of aromatic nitrogens is 6. The maximum absolute atomic E-state index is 6.22. The number of pyridine rings is 6. The summed E-state index contributed by atoms with van der Waals surface area (Å²) in [5.41, 5.74) is 9.62. The summed E-state index contributed by atoms with van der Waals surface area (Å²) in [7, 11) is 0. The Kier molecular flexibility index (Phi) is 14.8. The molecule has 0 fully saturated rings.